The van der Waals surface area contributed by atoms with E-state index in [1.165, 1.54) is 4.46 Å². The quantitative estimate of drug-likeness (QED) is 0.369. The van der Waals surface area contributed by atoms with Crippen LogP contribution in [0.3, 0.4) is 0 Å². The summed E-state index contributed by atoms with van der Waals surface area (Å²) >= 11 is 0.147. The van der Waals surface area contributed by atoms with Gasteiger partial charge in [-0.25, -0.2) is 0 Å². The first-order valence-electron chi connectivity index (χ1n) is 10.6. The van der Waals surface area contributed by atoms with Crippen LogP contribution in [0.1, 0.15) is 17.5 Å². The minimum absolute atomic E-state index is 0.147. The molecule has 3 aromatic rings. The number of likely N-dealkylation sites (tertiary alicyclic amines) is 1. The molecular weight excluding hydrogens is 469 g/mol. The van der Waals surface area contributed by atoms with Crippen LogP contribution in [0.15, 0.2) is 91.0 Å². The summed E-state index contributed by atoms with van der Waals surface area (Å²) in [4.78, 5) is 27.6. The van der Waals surface area contributed by atoms with Gasteiger partial charge in [-0.2, -0.15) is 0 Å². The van der Waals surface area contributed by atoms with Gasteiger partial charge in [-0.3, -0.25) is 0 Å². The van der Waals surface area contributed by atoms with Crippen molar-refractivity contribution in [3.05, 3.63) is 102 Å². The number of esters is 1. The van der Waals surface area contributed by atoms with Gasteiger partial charge >= 0.3 is 195 Å². The fourth-order valence-electron chi connectivity index (χ4n) is 3.63. The molecule has 0 N–H and O–H groups in total. The zero-order valence-corrected chi connectivity index (χ0v) is 19.3. The second-order valence-corrected chi connectivity index (χ2v) is 10.5. The van der Waals surface area contributed by atoms with Gasteiger partial charge in [-0.1, -0.05) is 0 Å². The first-order valence-corrected chi connectivity index (χ1v) is 12.4. The Balaban J connectivity index is 1.42. The van der Waals surface area contributed by atoms with Crippen molar-refractivity contribution in [2.24, 2.45) is 0 Å². The van der Waals surface area contributed by atoms with Crippen molar-refractivity contribution < 1.29 is 19.1 Å². The van der Waals surface area contributed by atoms with E-state index in [-0.39, 0.29) is 39.0 Å². The van der Waals surface area contributed by atoms with E-state index >= 15 is 0 Å². The molecule has 32 heavy (non-hydrogen) atoms. The third-order valence-electron chi connectivity index (χ3n) is 5.24. The van der Waals surface area contributed by atoms with Crippen LogP contribution in [-0.2, 0) is 27.5 Å². The number of hydrogen-bond donors (Lipinski definition) is 0. The van der Waals surface area contributed by atoms with E-state index in [2.05, 4.69) is 12.1 Å². The van der Waals surface area contributed by atoms with E-state index in [1.54, 1.807) is 4.90 Å². The second-order valence-electron chi connectivity index (χ2n) is 7.59. The molecule has 5 nitrogen and oxygen atoms in total. The number of carbonyl (C=O) groups is 2. The van der Waals surface area contributed by atoms with Gasteiger partial charge in [0.15, 0.2) is 0 Å². The Bertz CT molecular complexity index is 950. The van der Waals surface area contributed by atoms with Gasteiger partial charge in [-0.05, 0) is 0 Å². The van der Waals surface area contributed by atoms with Gasteiger partial charge in [0.2, 0.25) is 0 Å². The van der Waals surface area contributed by atoms with Gasteiger partial charge in [0.05, 0.1) is 0 Å². The molecule has 6 heteroatoms. The fraction of sp³-hybridized carbons (Fsp3) is 0.231. The average molecular weight is 494 g/mol. The summed E-state index contributed by atoms with van der Waals surface area (Å²) in [6.45, 7) is 0.863. The van der Waals surface area contributed by atoms with Gasteiger partial charge < -0.3 is 0 Å². The Morgan fingerprint density at radius 3 is 1.91 bits per heavy atom. The van der Waals surface area contributed by atoms with Crippen molar-refractivity contribution in [1.29, 1.82) is 0 Å². The van der Waals surface area contributed by atoms with Crippen LogP contribution in [0.2, 0.25) is 4.82 Å². The molecule has 1 heterocycles. The Labute approximate surface area is 194 Å². The minimum atomic E-state index is -0.627. The van der Waals surface area contributed by atoms with Crippen molar-refractivity contribution in [1.82, 2.24) is 4.90 Å². The Morgan fingerprint density at radius 1 is 0.781 bits per heavy atom. The molecule has 0 aromatic heterocycles. The predicted molar refractivity (Wildman–Crippen MR) is 124 cm³/mol. The topological polar surface area (TPSA) is 55.8 Å². The van der Waals surface area contributed by atoms with Crippen LogP contribution in [-0.4, -0.2) is 44.5 Å². The maximum atomic E-state index is 12.9. The third kappa shape index (κ3) is 6.00. The molecule has 3 aromatic carbocycles. The van der Waals surface area contributed by atoms with Gasteiger partial charge in [-0.15, -0.1) is 0 Å². The molecule has 164 valence electrons. The normalized spacial score (nSPS) is 17.7. The number of nitrogens with zero attached hydrogens (tertiary/aromatic N) is 1. The molecule has 0 radical (unpaired) electrons. The van der Waals surface area contributed by atoms with Gasteiger partial charge in [0.1, 0.15) is 0 Å². The average Bonchev–Trinajstić information content (AvgIpc) is 3.27. The Hall–Kier alpha value is -3.08. The number of amides is 1. The summed E-state index contributed by atoms with van der Waals surface area (Å²) in [6.07, 6.45) is 0.116. The summed E-state index contributed by atoms with van der Waals surface area (Å²) in [5, 5.41) is 0. The maximum absolute atomic E-state index is 12.9. The molecule has 0 bridgehead atoms. The van der Waals surface area contributed by atoms with Crippen molar-refractivity contribution in [3.63, 3.8) is 0 Å². The number of ether oxygens (including phenoxy) is 2. The van der Waals surface area contributed by atoms with E-state index in [0.29, 0.717) is 13.0 Å². The summed E-state index contributed by atoms with van der Waals surface area (Å²) in [7, 11) is 0. The van der Waals surface area contributed by atoms with E-state index in [9.17, 15) is 9.59 Å². The molecule has 2 atom stereocenters. The van der Waals surface area contributed by atoms with Crippen LogP contribution in [0.5, 0.6) is 0 Å². The van der Waals surface area contributed by atoms with Crippen LogP contribution in [0.4, 0.5) is 4.79 Å². The standard InChI is InChI=1S/C26H25NO4Se/c28-25(30-18-20-10-4-1-5-11-20)24-16-23(32-22-14-8-3-9-15-22)17-27(24)26(29)31-19-21-12-6-2-7-13-21/h1-15,23-24H,16-19H2/t23?,24-/m0/s1. The molecule has 1 amide bonds. The third-order valence-corrected chi connectivity index (χ3v) is 7.80. The molecular formula is C26H25NO4Se. The van der Waals surface area contributed by atoms with E-state index < -0.39 is 12.1 Å². The molecule has 1 fully saturated rings. The van der Waals surface area contributed by atoms with Crippen molar-refractivity contribution >= 4 is 31.5 Å². The monoisotopic (exact) mass is 495 g/mol. The first kappa shape index (κ1) is 22.1. The zero-order valence-electron chi connectivity index (χ0n) is 17.6. The van der Waals surface area contributed by atoms with Crippen LogP contribution < -0.4 is 4.46 Å². The van der Waals surface area contributed by atoms with Crippen molar-refractivity contribution in [3.8, 4) is 0 Å². The molecule has 1 saturated heterocycles. The molecule has 1 aliphatic heterocycles. The van der Waals surface area contributed by atoms with E-state index in [0.717, 1.165) is 11.1 Å². The van der Waals surface area contributed by atoms with Crippen molar-refractivity contribution in [2.75, 3.05) is 6.54 Å². The second kappa shape index (κ2) is 11.0. The molecule has 4 rings (SSSR count). The number of carbonyl (C=O) groups excluding carboxylic acids is 2. The number of rotatable bonds is 7. The van der Waals surface area contributed by atoms with Crippen LogP contribution in [0, 0.1) is 0 Å². The van der Waals surface area contributed by atoms with E-state index in [4.69, 9.17) is 9.47 Å². The number of hydrogen-bond acceptors (Lipinski definition) is 4. The zero-order chi connectivity index (χ0) is 22.2. The summed E-state index contributed by atoms with van der Waals surface area (Å²) in [6, 6.07) is 28.7. The van der Waals surface area contributed by atoms with Crippen LogP contribution in [0.25, 0.3) is 0 Å². The van der Waals surface area contributed by atoms with Crippen molar-refractivity contribution in [2.45, 2.75) is 30.5 Å². The fourth-order valence-corrected chi connectivity index (χ4v) is 6.17. The first-order chi connectivity index (χ1) is 15.7. The summed E-state index contributed by atoms with van der Waals surface area (Å²) in [5.41, 5.74) is 1.83. The summed E-state index contributed by atoms with van der Waals surface area (Å²) in [5.74, 6) is -0.378. The molecule has 1 aliphatic rings. The summed E-state index contributed by atoms with van der Waals surface area (Å²) < 4.78 is 12.4. The Kier molecular flexibility index (Phi) is 7.59. The van der Waals surface area contributed by atoms with Gasteiger partial charge in [0, 0.05) is 0 Å². The molecule has 0 spiro atoms. The SMILES string of the molecule is O=C(OCc1ccccc1)[C@@H]1CC([Se]c2ccccc2)CN1C(=O)OCc1ccccc1. The van der Waals surface area contributed by atoms with Gasteiger partial charge in [0.25, 0.3) is 0 Å². The molecule has 0 aliphatic carbocycles. The Morgan fingerprint density at radius 2 is 1.31 bits per heavy atom. The van der Waals surface area contributed by atoms with Crippen LogP contribution >= 0.6 is 0 Å². The molecule has 1 unspecified atom stereocenters. The predicted octanol–water partition coefficient (Wildman–Crippen LogP) is 3.96. The van der Waals surface area contributed by atoms with E-state index in [1.807, 2.05) is 78.9 Å². The number of benzene rings is 3. The molecule has 0 saturated carbocycles.